The van der Waals surface area contributed by atoms with Gasteiger partial charge in [-0.1, -0.05) is 12.1 Å². The molecule has 0 saturated carbocycles. The number of benzene rings is 1. The van der Waals surface area contributed by atoms with Crippen molar-refractivity contribution in [2.45, 2.75) is 87.7 Å². The van der Waals surface area contributed by atoms with Gasteiger partial charge >= 0.3 is 6.09 Å². The number of hydrogen-bond acceptors (Lipinski definition) is 8. The molecular weight excluding hydrogens is 536 g/mol. The smallest absolute Gasteiger partial charge is 0.408 e. The predicted molar refractivity (Wildman–Crippen MR) is 145 cm³/mol. The molecule has 3 heterocycles. The Morgan fingerprint density at radius 3 is 2.62 bits per heavy atom. The number of nitrogens with zero attached hydrogens (tertiary/aromatic N) is 4. The van der Waals surface area contributed by atoms with Gasteiger partial charge in [-0.25, -0.2) is 17.9 Å². The molecule has 3 saturated heterocycles. The molecule has 3 aliphatic heterocycles. The zero-order chi connectivity index (χ0) is 29.4. The van der Waals surface area contributed by atoms with E-state index in [-0.39, 0.29) is 35.3 Å². The third-order valence-electron chi connectivity index (χ3n) is 7.74. The van der Waals surface area contributed by atoms with Crippen LogP contribution >= 0.6 is 0 Å². The van der Waals surface area contributed by atoms with Crippen molar-refractivity contribution in [3.63, 3.8) is 0 Å². The molecule has 0 spiro atoms. The first-order valence-electron chi connectivity index (χ1n) is 13.5. The van der Waals surface area contributed by atoms with Crippen molar-refractivity contribution in [3.05, 3.63) is 29.8 Å². The zero-order valence-electron chi connectivity index (χ0n) is 23.6. The molecule has 0 radical (unpaired) electrons. The van der Waals surface area contributed by atoms with Gasteiger partial charge in [0.05, 0.1) is 23.0 Å². The van der Waals surface area contributed by atoms with Crippen LogP contribution in [0.5, 0.6) is 0 Å². The highest BCUT2D eigenvalue weighted by atomic mass is 32.2. The summed E-state index contributed by atoms with van der Waals surface area (Å²) in [5, 5.41) is 12.2. The summed E-state index contributed by atoms with van der Waals surface area (Å²) in [7, 11) is -2.28. The second kappa shape index (κ2) is 11.3. The Kier molecular flexibility index (Phi) is 8.44. The number of amides is 3. The van der Waals surface area contributed by atoms with E-state index < -0.39 is 39.8 Å². The van der Waals surface area contributed by atoms with E-state index in [0.717, 1.165) is 0 Å². The van der Waals surface area contributed by atoms with Gasteiger partial charge in [0, 0.05) is 25.7 Å². The summed E-state index contributed by atoms with van der Waals surface area (Å²) < 4.78 is 32.3. The molecule has 0 aliphatic carbocycles. The molecule has 1 aromatic carbocycles. The fraction of sp³-hybridized carbons (Fsp3) is 0.630. The highest BCUT2D eigenvalue weighted by Gasteiger charge is 2.52. The standard InChI is InChI=1S/C27H38N6O6S/c1-17(18-8-6-10-21(12-18)40(37,38)29-5)33-20-13-23(25(33)35)31(15-20)16-22(30-26(36)39-27(2,3)4)24(34)32-11-7-9-19(32)14-28/h6,8,10,12,17,19-20,22-23,29H,7,9,11,13,15-16H2,1-5H3,(H,30,36)/t17-,19+,20-,22+,23-/m1/s1. The van der Waals surface area contributed by atoms with Crippen LogP contribution in [0.3, 0.4) is 0 Å². The summed E-state index contributed by atoms with van der Waals surface area (Å²) in [6.45, 7) is 8.10. The van der Waals surface area contributed by atoms with Crippen molar-refractivity contribution < 1.29 is 27.5 Å². The number of fused-ring (bicyclic) bond motifs is 2. The summed E-state index contributed by atoms with van der Waals surface area (Å²) in [6, 6.07) is 6.22. The quantitative estimate of drug-likeness (QED) is 0.472. The maximum atomic E-state index is 13.5. The number of ether oxygens (including phenoxy) is 1. The van der Waals surface area contributed by atoms with Crippen LogP contribution in [0.25, 0.3) is 0 Å². The van der Waals surface area contributed by atoms with Crippen LogP contribution in [0.2, 0.25) is 0 Å². The van der Waals surface area contributed by atoms with Crippen LogP contribution in [-0.2, 0) is 24.3 Å². The van der Waals surface area contributed by atoms with E-state index in [4.69, 9.17) is 4.74 Å². The van der Waals surface area contributed by atoms with Gasteiger partial charge in [0.2, 0.25) is 21.8 Å². The maximum Gasteiger partial charge on any atom is 0.408 e. The van der Waals surface area contributed by atoms with E-state index >= 15 is 0 Å². The number of alkyl carbamates (subject to hydrolysis) is 1. The zero-order valence-corrected chi connectivity index (χ0v) is 24.4. The van der Waals surface area contributed by atoms with Crippen molar-refractivity contribution in [3.8, 4) is 6.07 Å². The van der Waals surface area contributed by atoms with Gasteiger partial charge in [-0.2, -0.15) is 5.26 Å². The van der Waals surface area contributed by atoms with Crippen LogP contribution in [0.15, 0.2) is 29.2 Å². The number of hydrogen-bond donors (Lipinski definition) is 2. The number of nitrogens with one attached hydrogen (secondary N) is 2. The Balaban J connectivity index is 1.50. The van der Waals surface area contributed by atoms with Crippen molar-refractivity contribution >= 4 is 27.9 Å². The molecule has 2 N–H and O–H groups in total. The van der Waals surface area contributed by atoms with Gasteiger partial charge < -0.3 is 19.9 Å². The molecule has 0 aromatic heterocycles. The molecule has 0 unspecified atom stereocenters. The van der Waals surface area contributed by atoms with E-state index in [1.807, 2.05) is 11.8 Å². The van der Waals surface area contributed by atoms with Crippen molar-refractivity contribution in [2.24, 2.45) is 0 Å². The lowest BCUT2D eigenvalue weighted by Gasteiger charge is -2.39. The normalized spacial score (nSPS) is 24.6. The highest BCUT2D eigenvalue weighted by Crippen LogP contribution is 2.38. The molecule has 2 bridgehead atoms. The minimum absolute atomic E-state index is 0.106. The minimum atomic E-state index is -3.63. The van der Waals surface area contributed by atoms with Crippen LogP contribution < -0.4 is 10.0 Å². The third kappa shape index (κ3) is 6.09. The van der Waals surface area contributed by atoms with Crippen LogP contribution in [0.1, 0.15) is 58.6 Å². The van der Waals surface area contributed by atoms with Crippen LogP contribution in [0, 0.1) is 11.3 Å². The van der Waals surface area contributed by atoms with Gasteiger partial charge in [-0.15, -0.1) is 0 Å². The first-order valence-corrected chi connectivity index (χ1v) is 15.0. The topological polar surface area (TPSA) is 152 Å². The SMILES string of the molecule is CNS(=O)(=O)c1cccc([C@@H](C)N2C(=O)[C@H]3C[C@@H]2CN3C[C@H](NC(=O)OC(C)(C)C)C(=O)N2CCC[C@H]2C#N)c1. The lowest BCUT2D eigenvalue weighted by atomic mass is 10.1. The fourth-order valence-corrected chi connectivity index (χ4v) is 6.64. The molecule has 3 fully saturated rings. The van der Waals surface area contributed by atoms with Crippen LogP contribution in [-0.4, -0.2) is 97.5 Å². The van der Waals surface area contributed by atoms with Gasteiger partial charge in [0.1, 0.15) is 17.7 Å². The lowest BCUT2D eigenvalue weighted by Crippen LogP contribution is -2.59. The monoisotopic (exact) mass is 574 g/mol. The predicted octanol–water partition coefficient (Wildman–Crippen LogP) is 1.35. The summed E-state index contributed by atoms with van der Waals surface area (Å²) in [4.78, 5) is 45.0. The largest absolute Gasteiger partial charge is 0.444 e. The molecule has 218 valence electrons. The summed E-state index contributed by atoms with van der Waals surface area (Å²) >= 11 is 0. The van der Waals surface area contributed by atoms with Gasteiger partial charge in [-0.3, -0.25) is 14.5 Å². The number of carbonyl (C=O) groups is 3. The molecule has 3 aliphatic rings. The number of piperazine rings is 1. The van der Waals surface area contributed by atoms with Gasteiger partial charge in [0.25, 0.3) is 0 Å². The molecule has 5 atom stereocenters. The molecule has 4 rings (SSSR count). The Morgan fingerprint density at radius 1 is 1.27 bits per heavy atom. The molecule has 12 nitrogen and oxygen atoms in total. The molecular formula is C27H38N6O6S. The summed E-state index contributed by atoms with van der Waals surface area (Å²) in [5.41, 5.74) is -0.0519. The average Bonchev–Trinajstić information content (AvgIpc) is 3.61. The second-order valence-corrected chi connectivity index (χ2v) is 13.5. The maximum absolute atomic E-state index is 13.5. The van der Waals surface area contributed by atoms with E-state index in [9.17, 15) is 28.1 Å². The fourth-order valence-electron chi connectivity index (χ4n) is 5.85. The van der Waals surface area contributed by atoms with E-state index in [1.165, 1.54) is 18.0 Å². The lowest BCUT2D eigenvalue weighted by molar-refractivity contribution is -0.141. The molecule has 1 aromatic rings. The van der Waals surface area contributed by atoms with Crippen molar-refractivity contribution in [1.82, 2.24) is 24.7 Å². The number of carbonyl (C=O) groups excluding carboxylic acids is 3. The number of nitriles is 1. The first kappa shape index (κ1) is 29.8. The Labute approximate surface area is 235 Å². The minimum Gasteiger partial charge on any atom is -0.444 e. The Morgan fingerprint density at radius 2 is 2.00 bits per heavy atom. The molecule has 13 heteroatoms. The Hall–Kier alpha value is -3.21. The average molecular weight is 575 g/mol. The molecule has 40 heavy (non-hydrogen) atoms. The highest BCUT2D eigenvalue weighted by molar-refractivity contribution is 7.89. The summed E-state index contributed by atoms with van der Waals surface area (Å²) in [6.07, 6.45) is 1.12. The van der Waals surface area contributed by atoms with Crippen molar-refractivity contribution in [2.75, 3.05) is 26.7 Å². The summed E-state index contributed by atoms with van der Waals surface area (Å²) in [5.74, 6) is -0.469. The number of rotatable bonds is 8. The second-order valence-electron chi connectivity index (χ2n) is 11.6. The van der Waals surface area contributed by atoms with Gasteiger partial charge in [0.15, 0.2) is 0 Å². The van der Waals surface area contributed by atoms with Gasteiger partial charge in [-0.05, 0) is 71.7 Å². The third-order valence-corrected chi connectivity index (χ3v) is 9.15. The Bertz CT molecular complexity index is 1310. The first-order chi connectivity index (χ1) is 18.8. The number of sulfonamides is 1. The van der Waals surface area contributed by atoms with Crippen molar-refractivity contribution in [1.29, 1.82) is 5.26 Å². The van der Waals surface area contributed by atoms with Crippen LogP contribution in [0.4, 0.5) is 4.79 Å². The number of likely N-dealkylation sites (tertiary alicyclic amines) is 3. The molecule has 3 amide bonds. The van der Waals surface area contributed by atoms with E-state index in [2.05, 4.69) is 16.1 Å². The van der Waals surface area contributed by atoms with E-state index in [1.54, 1.807) is 43.9 Å². The van der Waals surface area contributed by atoms with E-state index in [0.29, 0.717) is 37.9 Å².